The highest BCUT2D eigenvalue weighted by atomic mass is 32.2. The summed E-state index contributed by atoms with van der Waals surface area (Å²) in [6.45, 7) is 2.22. The van der Waals surface area contributed by atoms with E-state index < -0.39 is 10.8 Å². The molecule has 0 radical (unpaired) electrons. The summed E-state index contributed by atoms with van der Waals surface area (Å²) in [5.74, 6) is 0.542. The van der Waals surface area contributed by atoms with Crippen molar-refractivity contribution < 1.29 is 9.00 Å². The van der Waals surface area contributed by atoms with Crippen LogP contribution in [-0.4, -0.2) is 38.9 Å². The molecule has 0 spiro atoms. The van der Waals surface area contributed by atoms with Crippen LogP contribution in [0.3, 0.4) is 0 Å². The maximum Gasteiger partial charge on any atom is 0.256 e. The zero-order valence-electron chi connectivity index (χ0n) is 9.37. The third-order valence-electron chi connectivity index (χ3n) is 2.10. The van der Waals surface area contributed by atoms with Crippen molar-refractivity contribution in [3.05, 3.63) is 11.3 Å². The number of nitrogens with two attached hydrogens (primary N) is 1. The maximum atomic E-state index is 11.7. The van der Waals surface area contributed by atoms with E-state index in [-0.39, 0.29) is 11.7 Å². The Labute approximate surface area is 96.4 Å². The fourth-order valence-electron chi connectivity index (χ4n) is 1.30. The van der Waals surface area contributed by atoms with Crippen molar-refractivity contribution in [3.8, 4) is 0 Å². The molecular weight excluding hydrogens is 228 g/mol. The van der Waals surface area contributed by atoms with E-state index in [1.54, 1.807) is 13.2 Å². The Morgan fingerprint density at radius 1 is 1.62 bits per heavy atom. The first kappa shape index (κ1) is 12.7. The molecule has 6 nitrogen and oxygen atoms in total. The molecule has 16 heavy (non-hydrogen) atoms. The molecular formula is C9H16N4O2S. The predicted molar refractivity (Wildman–Crippen MR) is 63.6 cm³/mol. The molecule has 0 bridgehead atoms. The molecule has 0 saturated heterocycles. The summed E-state index contributed by atoms with van der Waals surface area (Å²) in [6, 6.07) is 0. The summed E-state index contributed by atoms with van der Waals surface area (Å²) in [7, 11) is -0.820. The molecule has 0 aromatic carbocycles. The second-order valence-electron chi connectivity index (χ2n) is 3.50. The molecule has 1 rings (SSSR count). The Morgan fingerprint density at radius 3 is 2.81 bits per heavy atom. The second-order valence-corrected chi connectivity index (χ2v) is 5.05. The maximum absolute atomic E-state index is 11.7. The number of hydrogen-bond acceptors (Lipinski definition) is 4. The largest absolute Gasteiger partial charge is 0.382 e. The lowest BCUT2D eigenvalue weighted by atomic mass is 10.2. The van der Waals surface area contributed by atoms with Crippen molar-refractivity contribution in [2.75, 3.05) is 24.3 Å². The third kappa shape index (κ3) is 3.34. The van der Waals surface area contributed by atoms with Crippen LogP contribution in [0.1, 0.15) is 22.5 Å². The van der Waals surface area contributed by atoms with Gasteiger partial charge in [0.15, 0.2) is 5.82 Å². The third-order valence-corrected chi connectivity index (χ3v) is 2.96. The van der Waals surface area contributed by atoms with E-state index in [1.807, 2.05) is 0 Å². The summed E-state index contributed by atoms with van der Waals surface area (Å²) in [4.78, 5) is 11.7. The number of anilines is 1. The lowest BCUT2D eigenvalue weighted by molar-refractivity contribution is 0.0954. The van der Waals surface area contributed by atoms with Crippen LogP contribution in [0.2, 0.25) is 0 Å². The fraction of sp³-hybridized carbons (Fsp3) is 0.556. The number of carbonyl (C=O) groups excluding carboxylic acids is 1. The predicted octanol–water partition coefficient (Wildman–Crippen LogP) is -0.201. The number of hydrogen-bond donors (Lipinski definition) is 3. The molecule has 0 fully saturated rings. The highest BCUT2D eigenvalue weighted by Crippen LogP contribution is 2.11. The molecule has 1 heterocycles. The molecule has 1 aromatic heterocycles. The van der Waals surface area contributed by atoms with Gasteiger partial charge in [-0.25, -0.2) is 0 Å². The van der Waals surface area contributed by atoms with Gasteiger partial charge in [0.2, 0.25) is 0 Å². The van der Waals surface area contributed by atoms with E-state index in [9.17, 15) is 9.00 Å². The Hall–Kier alpha value is -1.37. The number of aryl methyl sites for hydroxylation is 1. The number of aromatic nitrogens is 2. The number of nitrogen functional groups attached to an aromatic ring is 1. The van der Waals surface area contributed by atoms with E-state index in [1.165, 1.54) is 0 Å². The molecule has 0 aliphatic rings. The average molecular weight is 244 g/mol. The van der Waals surface area contributed by atoms with Crippen LogP contribution in [0.5, 0.6) is 0 Å². The van der Waals surface area contributed by atoms with Crippen molar-refractivity contribution in [1.82, 2.24) is 15.5 Å². The van der Waals surface area contributed by atoms with E-state index in [0.717, 1.165) is 0 Å². The summed E-state index contributed by atoms with van der Waals surface area (Å²) in [5.41, 5.74) is 6.58. The van der Waals surface area contributed by atoms with Gasteiger partial charge in [-0.3, -0.25) is 14.1 Å². The number of amides is 1. The lowest BCUT2D eigenvalue weighted by Crippen LogP contribution is -2.26. The fourth-order valence-corrected chi connectivity index (χ4v) is 1.85. The minimum absolute atomic E-state index is 0.203. The monoisotopic (exact) mass is 244 g/mol. The molecule has 1 atom stereocenters. The average Bonchev–Trinajstić information content (AvgIpc) is 2.53. The summed E-state index contributed by atoms with van der Waals surface area (Å²) in [6.07, 6.45) is 2.33. The first-order valence-corrected chi connectivity index (χ1v) is 6.63. The van der Waals surface area contributed by atoms with Gasteiger partial charge in [0, 0.05) is 35.0 Å². The summed E-state index contributed by atoms with van der Waals surface area (Å²) in [5, 5.41) is 9.09. The quantitative estimate of drug-likeness (QED) is 0.624. The number of nitrogens with one attached hydrogen (secondary N) is 2. The van der Waals surface area contributed by atoms with Gasteiger partial charge in [-0.1, -0.05) is 0 Å². The number of rotatable bonds is 5. The van der Waals surface area contributed by atoms with Crippen molar-refractivity contribution in [2.24, 2.45) is 0 Å². The Balaban J connectivity index is 2.44. The summed E-state index contributed by atoms with van der Waals surface area (Å²) >= 11 is 0. The molecule has 0 saturated carbocycles. The van der Waals surface area contributed by atoms with Crippen LogP contribution < -0.4 is 11.1 Å². The highest BCUT2D eigenvalue weighted by Gasteiger charge is 2.15. The van der Waals surface area contributed by atoms with E-state index in [4.69, 9.17) is 5.73 Å². The van der Waals surface area contributed by atoms with Crippen LogP contribution in [0.4, 0.5) is 5.82 Å². The first-order chi connectivity index (χ1) is 7.52. The molecule has 7 heteroatoms. The second kappa shape index (κ2) is 5.64. The standard InChI is InChI=1S/C9H16N4O2S/c1-6-7(8(10)13-12-6)9(14)11-4-3-5-16(2)15/h3-5H2,1-2H3,(H,11,14)(H3,10,12,13). The van der Waals surface area contributed by atoms with Gasteiger partial charge < -0.3 is 11.1 Å². The number of carbonyl (C=O) groups is 1. The van der Waals surface area contributed by atoms with Gasteiger partial charge in [-0.05, 0) is 13.3 Å². The van der Waals surface area contributed by atoms with Crippen molar-refractivity contribution in [2.45, 2.75) is 13.3 Å². The van der Waals surface area contributed by atoms with E-state index in [2.05, 4.69) is 15.5 Å². The molecule has 1 aromatic rings. The van der Waals surface area contributed by atoms with Crippen molar-refractivity contribution in [3.63, 3.8) is 0 Å². The van der Waals surface area contributed by atoms with Crippen molar-refractivity contribution in [1.29, 1.82) is 0 Å². The van der Waals surface area contributed by atoms with Crippen LogP contribution >= 0.6 is 0 Å². The SMILES string of the molecule is Cc1[nH]nc(N)c1C(=O)NCCCS(C)=O. The zero-order chi connectivity index (χ0) is 12.1. The molecule has 4 N–H and O–H groups in total. The zero-order valence-corrected chi connectivity index (χ0v) is 10.2. The first-order valence-electron chi connectivity index (χ1n) is 4.91. The van der Waals surface area contributed by atoms with E-state index in [0.29, 0.717) is 30.0 Å². The number of H-pyrrole nitrogens is 1. The van der Waals surface area contributed by atoms with Crippen LogP contribution in [-0.2, 0) is 10.8 Å². The molecule has 0 aliphatic carbocycles. The summed E-state index contributed by atoms with van der Waals surface area (Å²) < 4.78 is 10.8. The van der Waals surface area contributed by atoms with E-state index >= 15 is 0 Å². The minimum Gasteiger partial charge on any atom is -0.382 e. The molecule has 1 amide bonds. The number of nitrogens with zero attached hydrogens (tertiary/aromatic N) is 1. The van der Waals surface area contributed by atoms with Crippen LogP contribution in [0, 0.1) is 6.92 Å². The number of aromatic amines is 1. The van der Waals surface area contributed by atoms with Gasteiger partial charge in [0.05, 0.1) is 0 Å². The molecule has 90 valence electrons. The highest BCUT2D eigenvalue weighted by molar-refractivity contribution is 7.84. The molecule has 1 unspecified atom stereocenters. The Kier molecular flexibility index (Phi) is 4.48. The van der Waals surface area contributed by atoms with Crippen LogP contribution in [0.15, 0.2) is 0 Å². The van der Waals surface area contributed by atoms with Crippen molar-refractivity contribution >= 4 is 22.5 Å². The Bertz CT molecular complexity index is 383. The normalized spacial score (nSPS) is 12.4. The smallest absolute Gasteiger partial charge is 0.256 e. The minimum atomic E-state index is -0.820. The van der Waals surface area contributed by atoms with Gasteiger partial charge in [-0.2, -0.15) is 5.10 Å². The van der Waals surface area contributed by atoms with Crippen LogP contribution in [0.25, 0.3) is 0 Å². The lowest BCUT2D eigenvalue weighted by Gasteiger charge is -2.04. The van der Waals surface area contributed by atoms with Gasteiger partial charge in [-0.15, -0.1) is 0 Å². The topological polar surface area (TPSA) is 101 Å². The van der Waals surface area contributed by atoms with Gasteiger partial charge in [0.1, 0.15) is 5.56 Å². The Morgan fingerprint density at radius 2 is 2.31 bits per heavy atom. The van der Waals surface area contributed by atoms with Gasteiger partial charge >= 0.3 is 0 Å². The van der Waals surface area contributed by atoms with Gasteiger partial charge in [0.25, 0.3) is 5.91 Å². The molecule has 0 aliphatic heterocycles.